The van der Waals surface area contributed by atoms with Crippen LogP contribution in [0.3, 0.4) is 0 Å². The first-order chi connectivity index (χ1) is 13.6. The number of methoxy groups -OCH3 is 1. The normalized spacial score (nSPS) is 21.9. The number of hydrogen-bond acceptors (Lipinski definition) is 4. The van der Waals surface area contributed by atoms with Gasteiger partial charge in [0.15, 0.2) is 11.5 Å². The molecular formula is C22H25FN2O3. The SMILES string of the molecule is COc1ccc(CN2C[C@H]3CC(=O)NC[C@H]3C2)cc1OCc1cccc(F)c1. The Kier molecular flexibility index (Phi) is 5.48. The van der Waals surface area contributed by atoms with Crippen molar-refractivity contribution in [2.24, 2.45) is 11.8 Å². The van der Waals surface area contributed by atoms with Gasteiger partial charge in [-0.25, -0.2) is 4.39 Å². The van der Waals surface area contributed by atoms with Crippen LogP contribution in [0.25, 0.3) is 0 Å². The topological polar surface area (TPSA) is 50.8 Å². The number of rotatable bonds is 6. The third-order valence-corrected chi connectivity index (χ3v) is 5.58. The maximum absolute atomic E-state index is 13.4. The molecule has 2 heterocycles. The fourth-order valence-corrected chi connectivity index (χ4v) is 4.16. The van der Waals surface area contributed by atoms with E-state index in [9.17, 15) is 9.18 Å². The van der Waals surface area contributed by atoms with E-state index in [1.54, 1.807) is 13.2 Å². The smallest absolute Gasteiger partial charge is 0.220 e. The minimum absolute atomic E-state index is 0.167. The van der Waals surface area contributed by atoms with E-state index in [-0.39, 0.29) is 18.3 Å². The molecule has 1 amide bonds. The summed E-state index contributed by atoms with van der Waals surface area (Å²) in [7, 11) is 1.61. The van der Waals surface area contributed by atoms with Gasteiger partial charge in [0.05, 0.1) is 7.11 Å². The minimum atomic E-state index is -0.273. The Morgan fingerprint density at radius 2 is 1.96 bits per heavy atom. The van der Waals surface area contributed by atoms with Crippen molar-refractivity contribution in [1.82, 2.24) is 10.2 Å². The van der Waals surface area contributed by atoms with Crippen LogP contribution in [0.1, 0.15) is 17.5 Å². The molecule has 2 atom stereocenters. The molecular weight excluding hydrogens is 359 g/mol. The number of amides is 1. The molecule has 148 valence electrons. The first kappa shape index (κ1) is 18.7. The van der Waals surface area contributed by atoms with Crippen molar-refractivity contribution in [2.75, 3.05) is 26.7 Å². The number of piperidine rings is 1. The standard InChI is InChI=1S/C22H25FN2O3/c1-27-20-6-5-15(8-21(20)28-14-16-3-2-4-19(23)7-16)11-25-12-17-9-22(26)24-10-18(17)13-25/h2-8,17-18H,9-14H2,1H3,(H,24,26)/t17-,18+/m1/s1. The van der Waals surface area contributed by atoms with Gasteiger partial charge in [0.1, 0.15) is 12.4 Å². The molecule has 0 aromatic heterocycles. The highest BCUT2D eigenvalue weighted by Crippen LogP contribution is 2.32. The van der Waals surface area contributed by atoms with Gasteiger partial charge in [-0.15, -0.1) is 0 Å². The lowest BCUT2D eigenvalue weighted by Gasteiger charge is -2.23. The van der Waals surface area contributed by atoms with Gasteiger partial charge in [-0.1, -0.05) is 18.2 Å². The number of halogens is 1. The molecule has 0 radical (unpaired) electrons. The van der Waals surface area contributed by atoms with E-state index in [1.807, 2.05) is 24.3 Å². The fraction of sp³-hybridized carbons (Fsp3) is 0.409. The molecule has 2 aromatic carbocycles. The number of nitrogens with one attached hydrogen (secondary N) is 1. The molecule has 0 bridgehead atoms. The predicted octanol–water partition coefficient (Wildman–Crippen LogP) is 2.98. The summed E-state index contributed by atoms with van der Waals surface area (Å²) in [5.74, 6) is 2.20. The molecule has 28 heavy (non-hydrogen) atoms. The van der Waals surface area contributed by atoms with Crippen molar-refractivity contribution in [1.29, 1.82) is 0 Å². The quantitative estimate of drug-likeness (QED) is 0.832. The van der Waals surface area contributed by atoms with E-state index in [0.29, 0.717) is 29.8 Å². The van der Waals surface area contributed by atoms with E-state index in [4.69, 9.17) is 9.47 Å². The molecule has 2 saturated heterocycles. The van der Waals surface area contributed by atoms with Crippen molar-refractivity contribution in [3.05, 3.63) is 59.4 Å². The number of ether oxygens (including phenoxy) is 2. The summed E-state index contributed by atoms with van der Waals surface area (Å²) in [4.78, 5) is 14.0. The van der Waals surface area contributed by atoms with Crippen LogP contribution in [-0.4, -0.2) is 37.6 Å². The second-order valence-corrected chi connectivity index (χ2v) is 7.63. The van der Waals surface area contributed by atoms with Crippen molar-refractivity contribution < 1.29 is 18.7 Å². The average Bonchev–Trinajstić information content (AvgIpc) is 3.08. The molecule has 1 N–H and O–H groups in total. The Hall–Kier alpha value is -2.60. The second-order valence-electron chi connectivity index (χ2n) is 7.63. The lowest BCUT2D eigenvalue weighted by Crippen LogP contribution is -2.39. The maximum Gasteiger partial charge on any atom is 0.220 e. The second kappa shape index (κ2) is 8.19. The molecule has 2 fully saturated rings. The molecule has 0 unspecified atom stereocenters. The van der Waals surface area contributed by atoms with E-state index in [0.717, 1.165) is 37.3 Å². The zero-order valence-electron chi connectivity index (χ0n) is 16.0. The molecule has 4 rings (SSSR count). The van der Waals surface area contributed by atoms with Crippen molar-refractivity contribution in [3.8, 4) is 11.5 Å². The highest BCUT2D eigenvalue weighted by Gasteiger charge is 2.36. The van der Waals surface area contributed by atoms with Crippen LogP contribution < -0.4 is 14.8 Å². The molecule has 0 saturated carbocycles. The van der Waals surface area contributed by atoms with Crippen molar-refractivity contribution in [2.45, 2.75) is 19.6 Å². The summed E-state index contributed by atoms with van der Waals surface area (Å²) < 4.78 is 24.7. The number of carbonyl (C=O) groups excluding carboxylic acids is 1. The van der Waals surface area contributed by atoms with Gasteiger partial charge in [0.2, 0.25) is 5.91 Å². The highest BCUT2D eigenvalue weighted by molar-refractivity contribution is 5.77. The fourth-order valence-electron chi connectivity index (χ4n) is 4.16. The van der Waals surface area contributed by atoms with Crippen LogP contribution in [0.4, 0.5) is 4.39 Å². The van der Waals surface area contributed by atoms with Gasteiger partial charge in [0.25, 0.3) is 0 Å². The zero-order chi connectivity index (χ0) is 19.5. The summed E-state index contributed by atoms with van der Waals surface area (Å²) in [5, 5.41) is 2.97. The lowest BCUT2D eigenvalue weighted by molar-refractivity contribution is -0.124. The zero-order valence-corrected chi connectivity index (χ0v) is 16.0. The first-order valence-electron chi connectivity index (χ1n) is 9.64. The average molecular weight is 384 g/mol. The van der Waals surface area contributed by atoms with Crippen LogP contribution in [0, 0.1) is 17.7 Å². The van der Waals surface area contributed by atoms with E-state index >= 15 is 0 Å². The largest absolute Gasteiger partial charge is 0.493 e. The van der Waals surface area contributed by atoms with Crippen LogP contribution in [0.15, 0.2) is 42.5 Å². The number of fused-ring (bicyclic) bond motifs is 1. The summed E-state index contributed by atoms with van der Waals surface area (Å²) in [5.41, 5.74) is 1.90. The van der Waals surface area contributed by atoms with Crippen LogP contribution in [0.5, 0.6) is 11.5 Å². The van der Waals surface area contributed by atoms with Gasteiger partial charge in [-0.2, -0.15) is 0 Å². The Bertz CT molecular complexity index is 857. The highest BCUT2D eigenvalue weighted by atomic mass is 19.1. The predicted molar refractivity (Wildman–Crippen MR) is 104 cm³/mol. The van der Waals surface area contributed by atoms with Crippen LogP contribution >= 0.6 is 0 Å². The molecule has 2 aromatic rings. The first-order valence-corrected chi connectivity index (χ1v) is 9.64. The molecule has 0 spiro atoms. The van der Waals surface area contributed by atoms with E-state index < -0.39 is 0 Å². The Labute approximate surface area is 164 Å². The van der Waals surface area contributed by atoms with E-state index in [1.165, 1.54) is 12.1 Å². The molecule has 0 aliphatic carbocycles. The summed E-state index contributed by atoms with van der Waals surface area (Å²) in [6.45, 7) is 3.81. The minimum Gasteiger partial charge on any atom is -0.493 e. The molecule has 6 heteroatoms. The van der Waals surface area contributed by atoms with Gasteiger partial charge in [-0.05, 0) is 47.2 Å². The summed E-state index contributed by atoms with van der Waals surface area (Å²) >= 11 is 0. The Morgan fingerprint density at radius 3 is 2.79 bits per heavy atom. The molecule has 2 aliphatic heterocycles. The summed E-state index contributed by atoms with van der Waals surface area (Å²) in [6, 6.07) is 12.3. The van der Waals surface area contributed by atoms with Gasteiger partial charge >= 0.3 is 0 Å². The molecule has 2 aliphatic rings. The van der Waals surface area contributed by atoms with Gasteiger partial charge in [-0.3, -0.25) is 9.69 Å². The molecule has 5 nitrogen and oxygen atoms in total. The van der Waals surface area contributed by atoms with Crippen LogP contribution in [-0.2, 0) is 17.9 Å². The lowest BCUT2D eigenvalue weighted by atomic mass is 9.89. The number of benzene rings is 2. The number of likely N-dealkylation sites (tertiary alicyclic amines) is 1. The van der Waals surface area contributed by atoms with Crippen molar-refractivity contribution in [3.63, 3.8) is 0 Å². The van der Waals surface area contributed by atoms with Crippen LogP contribution in [0.2, 0.25) is 0 Å². The number of nitrogens with zero attached hydrogens (tertiary/aromatic N) is 1. The Morgan fingerprint density at radius 1 is 1.11 bits per heavy atom. The maximum atomic E-state index is 13.4. The number of hydrogen-bond donors (Lipinski definition) is 1. The van der Waals surface area contributed by atoms with Gasteiger partial charge in [0, 0.05) is 32.6 Å². The van der Waals surface area contributed by atoms with Crippen molar-refractivity contribution >= 4 is 5.91 Å². The number of carbonyl (C=O) groups is 1. The monoisotopic (exact) mass is 384 g/mol. The van der Waals surface area contributed by atoms with Gasteiger partial charge < -0.3 is 14.8 Å². The van der Waals surface area contributed by atoms with E-state index in [2.05, 4.69) is 10.2 Å². The third-order valence-electron chi connectivity index (χ3n) is 5.58. The summed E-state index contributed by atoms with van der Waals surface area (Å²) in [6.07, 6.45) is 0.631. The third kappa shape index (κ3) is 4.28. The Balaban J connectivity index is 1.42.